The van der Waals surface area contributed by atoms with Crippen LogP contribution in [0.15, 0.2) is 18.2 Å². The minimum absolute atomic E-state index is 0.0716. The summed E-state index contributed by atoms with van der Waals surface area (Å²) in [5.41, 5.74) is 2.95. The highest BCUT2D eigenvalue weighted by atomic mass is 16.2. The molecule has 0 bridgehead atoms. The van der Waals surface area contributed by atoms with Gasteiger partial charge >= 0.3 is 0 Å². The zero-order valence-corrected chi connectivity index (χ0v) is 11.3. The standard InChI is InChI=1S/C15H18N2O2/c1-9-7-13(9)15(19)16-12-3-4-14-11(8-12)5-6-17(14)10(2)18/h3-4,8-9,13H,5-7H2,1-2H3,(H,16,19)/t9-,13-/m1/s1. The predicted octanol–water partition coefficient (Wildman–Crippen LogP) is 2.19. The number of nitrogens with one attached hydrogen (secondary N) is 1. The van der Waals surface area contributed by atoms with E-state index in [1.54, 1.807) is 11.8 Å². The van der Waals surface area contributed by atoms with Gasteiger partial charge in [0.25, 0.3) is 0 Å². The second-order valence-corrected chi connectivity index (χ2v) is 5.57. The van der Waals surface area contributed by atoms with E-state index in [0.29, 0.717) is 5.92 Å². The molecule has 0 radical (unpaired) electrons. The Bertz CT molecular complexity index is 553. The number of benzene rings is 1. The summed E-state index contributed by atoms with van der Waals surface area (Å²) in [4.78, 5) is 25.1. The van der Waals surface area contributed by atoms with Gasteiger partial charge in [0, 0.05) is 30.8 Å². The molecule has 1 aromatic rings. The number of fused-ring (bicyclic) bond motifs is 1. The van der Waals surface area contributed by atoms with Crippen molar-refractivity contribution in [3.8, 4) is 0 Å². The number of amides is 2. The van der Waals surface area contributed by atoms with Crippen LogP contribution >= 0.6 is 0 Å². The fourth-order valence-electron chi connectivity index (χ4n) is 2.73. The first-order valence-corrected chi connectivity index (χ1v) is 6.78. The van der Waals surface area contributed by atoms with Crippen LogP contribution in [0.2, 0.25) is 0 Å². The number of hydrogen-bond donors (Lipinski definition) is 1. The van der Waals surface area contributed by atoms with Gasteiger partial charge in [-0.05, 0) is 42.5 Å². The fourth-order valence-corrected chi connectivity index (χ4v) is 2.73. The fraction of sp³-hybridized carbons (Fsp3) is 0.467. The van der Waals surface area contributed by atoms with Crippen LogP contribution in [0, 0.1) is 11.8 Å². The van der Waals surface area contributed by atoms with Crippen molar-refractivity contribution in [3.05, 3.63) is 23.8 Å². The molecule has 1 N–H and O–H groups in total. The first kappa shape index (κ1) is 12.2. The maximum atomic E-state index is 11.9. The molecule has 1 aliphatic heterocycles. The molecule has 0 aromatic heterocycles. The van der Waals surface area contributed by atoms with Gasteiger partial charge in [-0.25, -0.2) is 0 Å². The molecule has 1 aliphatic carbocycles. The van der Waals surface area contributed by atoms with E-state index in [4.69, 9.17) is 0 Å². The van der Waals surface area contributed by atoms with Crippen LogP contribution in [0.3, 0.4) is 0 Å². The molecule has 1 fully saturated rings. The van der Waals surface area contributed by atoms with Gasteiger partial charge in [0.1, 0.15) is 0 Å². The van der Waals surface area contributed by atoms with Gasteiger partial charge in [-0.15, -0.1) is 0 Å². The van der Waals surface area contributed by atoms with E-state index in [9.17, 15) is 9.59 Å². The quantitative estimate of drug-likeness (QED) is 0.884. The molecule has 2 amide bonds. The Kier molecular flexibility index (Phi) is 2.81. The third kappa shape index (κ3) is 2.23. The SMILES string of the molecule is CC(=O)N1CCc2cc(NC(=O)[C@@H]3C[C@H]3C)ccc21. The van der Waals surface area contributed by atoms with Crippen LogP contribution < -0.4 is 10.2 Å². The molecule has 0 unspecified atom stereocenters. The second-order valence-electron chi connectivity index (χ2n) is 5.57. The summed E-state index contributed by atoms with van der Waals surface area (Å²) in [6.45, 7) is 4.42. The number of rotatable bonds is 2. The lowest BCUT2D eigenvalue weighted by Crippen LogP contribution is -2.25. The number of nitrogens with zero attached hydrogens (tertiary/aromatic N) is 1. The summed E-state index contributed by atoms with van der Waals surface area (Å²) >= 11 is 0. The van der Waals surface area contributed by atoms with Gasteiger partial charge in [-0.2, -0.15) is 0 Å². The Labute approximate surface area is 112 Å². The zero-order chi connectivity index (χ0) is 13.6. The van der Waals surface area contributed by atoms with E-state index < -0.39 is 0 Å². The van der Waals surface area contributed by atoms with Crippen molar-refractivity contribution in [1.82, 2.24) is 0 Å². The topological polar surface area (TPSA) is 49.4 Å². The molecule has 1 heterocycles. The number of carbonyl (C=O) groups is 2. The molecule has 19 heavy (non-hydrogen) atoms. The van der Waals surface area contributed by atoms with E-state index in [-0.39, 0.29) is 17.7 Å². The van der Waals surface area contributed by atoms with Crippen molar-refractivity contribution >= 4 is 23.2 Å². The number of anilines is 2. The number of hydrogen-bond acceptors (Lipinski definition) is 2. The van der Waals surface area contributed by atoms with Crippen molar-refractivity contribution in [2.45, 2.75) is 26.7 Å². The highest BCUT2D eigenvalue weighted by molar-refractivity contribution is 5.96. The van der Waals surface area contributed by atoms with Crippen LogP contribution in [0.1, 0.15) is 25.8 Å². The molecule has 0 spiro atoms. The summed E-state index contributed by atoms with van der Waals surface area (Å²) in [5.74, 6) is 0.890. The lowest BCUT2D eigenvalue weighted by molar-refractivity contribution is -0.118. The van der Waals surface area contributed by atoms with Crippen molar-refractivity contribution in [2.75, 3.05) is 16.8 Å². The molecular formula is C15H18N2O2. The normalized spacial score (nSPS) is 24.0. The first-order chi connectivity index (χ1) is 9.06. The summed E-state index contributed by atoms with van der Waals surface area (Å²) in [7, 11) is 0. The highest BCUT2D eigenvalue weighted by Crippen LogP contribution is 2.39. The van der Waals surface area contributed by atoms with Crippen molar-refractivity contribution in [1.29, 1.82) is 0 Å². The summed E-state index contributed by atoms with van der Waals surface area (Å²) in [6, 6.07) is 5.80. The van der Waals surface area contributed by atoms with Gasteiger partial charge in [0.05, 0.1) is 0 Å². The van der Waals surface area contributed by atoms with E-state index >= 15 is 0 Å². The van der Waals surface area contributed by atoms with Gasteiger partial charge in [0.2, 0.25) is 11.8 Å². The maximum absolute atomic E-state index is 11.9. The van der Waals surface area contributed by atoms with E-state index in [2.05, 4.69) is 12.2 Å². The lowest BCUT2D eigenvalue weighted by atomic mass is 10.1. The van der Waals surface area contributed by atoms with Crippen LogP contribution in [-0.4, -0.2) is 18.4 Å². The summed E-state index contributed by atoms with van der Waals surface area (Å²) in [6.07, 6.45) is 1.85. The van der Waals surface area contributed by atoms with Gasteiger partial charge in [-0.1, -0.05) is 6.92 Å². The van der Waals surface area contributed by atoms with Gasteiger partial charge in [-0.3, -0.25) is 9.59 Å². The molecule has 2 aliphatic rings. The average molecular weight is 258 g/mol. The smallest absolute Gasteiger partial charge is 0.227 e. The molecule has 2 atom stereocenters. The third-order valence-electron chi connectivity index (χ3n) is 4.07. The van der Waals surface area contributed by atoms with Crippen LogP contribution in [0.25, 0.3) is 0 Å². The molecule has 4 heteroatoms. The van der Waals surface area contributed by atoms with Crippen LogP contribution in [0.5, 0.6) is 0 Å². The Morgan fingerprint density at radius 2 is 2.11 bits per heavy atom. The Hall–Kier alpha value is -1.84. The minimum atomic E-state index is 0.0716. The van der Waals surface area contributed by atoms with Crippen LogP contribution in [0.4, 0.5) is 11.4 Å². The first-order valence-electron chi connectivity index (χ1n) is 6.78. The monoisotopic (exact) mass is 258 g/mol. The Morgan fingerprint density at radius 3 is 2.74 bits per heavy atom. The van der Waals surface area contributed by atoms with Crippen molar-refractivity contribution in [2.24, 2.45) is 11.8 Å². The average Bonchev–Trinajstić information content (AvgIpc) is 2.95. The van der Waals surface area contributed by atoms with Gasteiger partial charge in [0.15, 0.2) is 0 Å². The minimum Gasteiger partial charge on any atom is -0.326 e. The van der Waals surface area contributed by atoms with Crippen molar-refractivity contribution in [3.63, 3.8) is 0 Å². The highest BCUT2D eigenvalue weighted by Gasteiger charge is 2.39. The van der Waals surface area contributed by atoms with Crippen molar-refractivity contribution < 1.29 is 9.59 Å². The molecular weight excluding hydrogens is 240 g/mol. The third-order valence-corrected chi connectivity index (χ3v) is 4.07. The maximum Gasteiger partial charge on any atom is 0.227 e. The van der Waals surface area contributed by atoms with E-state index in [1.807, 2.05) is 18.2 Å². The van der Waals surface area contributed by atoms with E-state index in [0.717, 1.165) is 36.3 Å². The summed E-state index contributed by atoms with van der Waals surface area (Å²) in [5, 5.41) is 2.97. The predicted molar refractivity (Wildman–Crippen MR) is 74.1 cm³/mol. The Morgan fingerprint density at radius 1 is 1.37 bits per heavy atom. The van der Waals surface area contributed by atoms with Crippen LogP contribution in [-0.2, 0) is 16.0 Å². The summed E-state index contributed by atoms with van der Waals surface area (Å²) < 4.78 is 0. The largest absolute Gasteiger partial charge is 0.326 e. The molecule has 3 rings (SSSR count). The van der Waals surface area contributed by atoms with E-state index in [1.165, 1.54) is 0 Å². The zero-order valence-electron chi connectivity index (χ0n) is 11.3. The lowest BCUT2D eigenvalue weighted by Gasteiger charge is -2.15. The Balaban J connectivity index is 1.76. The molecule has 1 aromatic carbocycles. The number of carbonyl (C=O) groups excluding carboxylic acids is 2. The molecule has 0 saturated heterocycles. The van der Waals surface area contributed by atoms with Gasteiger partial charge < -0.3 is 10.2 Å². The second kappa shape index (κ2) is 4.37. The molecule has 1 saturated carbocycles. The molecule has 4 nitrogen and oxygen atoms in total. The molecule has 100 valence electrons.